The van der Waals surface area contributed by atoms with E-state index in [2.05, 4.69) is 10.6 Å². The third kappa shape index (κ3) is 5.58. The number of hydrogen-bond acceptors (Lipinski definition) is 7. The van der Waals surface area contributed by atoms with Gasteiger partial charge in [-0.15, -0.1) is 0 Å². The molecule has 2 N–H and O–H groups in total. The molecule has 2 amide bonds. The molecule has 2 aliphatic rings. The lowest BCUT2D eigenvalue weighted by Gasteiger charge is -2.40. The Morgan fingerprint density at radius 2 is 1.91 bits per heavy atom. The quantitative estimate of drug-likeness (QED) is 0.547. The zero-order valence-electron chi connectivity index (χ0n) is 20.4. The van der Waals surface area contributed by atoms with Crippen molar-refractivity contribution in [1.82, 2.24) is 15.5 Å². The highest BCUT2D eigenvalue weighted by Crippen LogP contribution is 2.35. The summed E-state index contributed by atoms with van der Waals surface area (Å²) in [5.41, 5.74) is 0.846. The summed E-state index contributed by atoms with van der Waals surface area (Å²) in [6.45, 7) is 5.97. The summed E-state index contributed by atoms with van der Waals surface area (Å²) in [7, 11) is 1.21. The molecule has 1 aromatic carbocycles. The maximum atomic E-state index is 13.9. The Balaban J connectivity index is 1.95. The minimum absolute atomic E-state index is 0.0973. The normalized spacial score (nSPS) is 23.8. The lowest BCUT2D eigenvalue weighted by molar-refractivity contribution is -0.158. The predicted octanol–water partition coefficient (Wildman–Crippen LogP) is 1.26. The summed E-state index contributed by atoms with van der Waals surface area (Å²) in [5.74, 6) is -1.85. The fourth-order valence-electron chi connectivity index (χ4n) is 4.93. The van der Waals surface area contributed by atoms with E-state index in [1.165, 1.54) is 21.0 Å². The number of aryl methyl sites for hydroxylation is 1. The van der Waals surface area contributed by atoms with E-state index in [1.54, 1.807) is 4.90 Å². The fraction of sp³-hybridized carbons (Fsp3) is 0.600. The Labute approximate surface area is 200 Å². The van der Waals surface area contributed by atoms with Crippen LogP contribution in [0, 0.1) is 6.92 Å². The minimum Gasteiger partial charge on any atom is -0.467 e. The summed E-state index contributed by atoms with van der Waals surface area (Å²) in [5, 5.41) is 5.99. The third-order valence-electron chi connectivity index (χ3n) is 6.72. The van der Waals surface area contributed by atoms with Gasteiger partial charge in [0.05, 0.1) is 13.2 Å². The van der Waals surface area contributed by atoms with Gasteiger partial charge in [0.2, 0.25) is 11.8 Å². The van der Waals surface area contributed by atoms with Gasteiger partial charge in [-0.25, -0.2) is 4.79 Å². The van der Waals surface area contributed by atoms with E-state index < -0.39 is 35.5 Å². The van der Waals surface area contributed by atoms with Gasteiger partial charge in [0, 0.05) is 19.9 Å². The van der Waals surface area contributed by atoms with Crippen LogP contribution in [0.25, 0.3) is 0 Å². The summed E-state index contributed by atoms with van der Waals surface area (Å²) in [4.78, 5) is 53.1. The van der Waals surface area contributed by atoms with Gasteiger partial charge in [0.1, 0.15) is 11.6 Å². The van der Waals surface area contributed by atoms with Crippen LogP contribution in [0.3, 0.4) is 0 Å². The second-order valence-corrected chi connectivity index (χ2v) is 9.23. The van der Waals surface area contributed by atoms with E-state index in [-0.39, 0.29) is 11.9 Å². The smallest absolute Gasteiger partial charge is 0.332 e. The van der Waals surface area contributed by atoms with Gasteiger partial charge in [-0.2, -0.15) is 0 Å². The van der Waals surface area contributed by atoms with E-state index in [9.17, 15) is 19.2 Å². The number of methoxy groups -OCH3 is 1. The van der Waals surface area contributed by atoms with Crippen LogP contribution in [0.4, 0.5) is 0 Å². The number of likely N-dealkylation sites (tertiary alicyclic amines) is 1. The number of esters is 2. The SMILES string of the molecule is COC(=O)C(NC(=O)C1(Cc2ccc(C)cc2)CCCN1C(=O)C1CCCN1)C(C)OC(C)=O. The average molecular weight is 474 g/mol. The lowest BCUT2D eigenvalue weighted by Crippen LogP contribution is -2.64. The Bertz CT molecular complexity index is 912. The van der Waals surface area contributed by atoms with Crippen molar-refractivity contribution in [3.05, 3.63) is 35.4 Å². The highest BCUT2D eigenvalue weighted by molar-refractivity contribution is 5.96. The van der Waals surface area contributed by atoms with Crippen molar-refractivity contribution in [3.8, 4) is 0 Å². The first kappa shape index (κ1) is 25.7. The van der Waals surface area contributed by atoms with Crippen molar-refractivity contribution in [2.24, 2.45) is 0 Å². The van der Waals surface area contributed by atoms with Crippen molar-refractivity contribution >= 4 is 23.8 Å². The molecule has 2 heterocycles. The van der Waals surface area contributed by atoms with E-state index in [4.69, 9.17) is 9.47 Å². The summed E-state index contributed by atoms with van der Waals surface area (Å²) in [6.07, 6.45) is 2.14. The number of benzene rings is 1. The number of carbonyl (C=O) groups is 4. The molecule has 2 aliphatic heterocycles. The third-order valence-corrected chi connectivity index (χ3v) is 6.72. The number of hydrogen-bond donors (Lipinski definition) is 2. The monoisotopic (exact) mass is 473 g/mol. The van der Waals surface area contributed by atoms with Crippen molar-refractivity contribution < 1.29 is 28.7 Å². The van der Waals surface area contributed by atoms with Crippen LogP contribution >= 0.6 is 0 Å². The number of ether oxygens (including phenoxy) is 2. The molecule has 4 atom stereocenters. The first-order valence-corrected chi connectivity index (χ1v) is 11.8. The fourth-order valence-corrected chi connectivity index (χ4v) is 4.93. The number of carbonyl (C=O) groups excluding carboxylic acids is 4. The molecule has 0 saturated carbocycles. The second-order valence-electron chi connectivity index (χ2n) is 9.23. The highest BCUT2D eigenvalue weighted by Gasteiger charge is 2.52. The molecule has 0 aromatic heterocycles. The summed E-state index contributed by atoms with van der Waals surface area (Å²) >= 11 is 0. The molecule has 0 bridgehead atoms. The van der Waals surface area contributed by atoms with Gasteiger partial charge in [-0.3, -0.25) is 14.4 Å². The molecule has 34 heavy (non-hydrogen) atoms. The Morgan fingerprint density at radius 1 is 1.21 bits per heavy atom. The predicted molar refractivity (Wildman–Crippen MR) is 125 cm³/mol. The molecule has 3 rings (SSSR count). The molecule has 4 unspecified atom stereocenters. The van der Waals surface area contributed by atoms with Gasteiger partial charge in [-0.1, -0.05) is 29.8 Å². The van der Waals surface area contributed by atoms with Gasteiger partial charge < -0.3 is 25.0 Å². The van der Waals surface area contributed by atoms with Crippen LogP contribution in [-0.2, 0) is 35.1 Å². The van der Waals surface area contributed by atoms with E-state index in [0.717, 1.165) is 30.5 Å². The maximum absolute atomic E-state index is 13.9. The molecular formula is C25H35N3O6. The molecule has 2 fully saturated rings. The molecule has 0 aliphatic carbocycles. The average Bonchev–Trinajstić information content (AvgIpc) is 3.48. The number of nitrogens with one attached hydrogen (secondary N) is 2. The molecule has 0 radical (unpaired) electrons. The van der Waals surface area contributed by atoms with Crippen LogP contribution in [0.15, 0.2) is 24.3 Å². The molecule has 2 saturated heterocycles. The van der Waals surface area contributed by atoms with Crippen LogP contribution in [-0.4, -0.2) is 72.6 Å². The summed E-state index contributed by atoms with van der Waals surface area (Å²) in [6, 6.07) is 6.34. The van der Waals surface area contributed by atoms with Gasteiger partial charge in [-0.05, 0) is 51.6 Å². The second kappa shape index (κ2) is 11.0. The van der Waals surface area contributed by atoms with E-state index in [1.807, 2.05) is 31.2 Å². The number of rotatable bonds is 8. The van der Waals surface area contributed by atoms with Crippen molar-refractivity contribution in [1.29, 1.82) is 0 Å². The topological polar surface area (TPSA) is 114 Å². The lowest BCUT2D eigenvalue weighted by atomic mass is 9.85. The van der Waals surface area contributed by atoms with Crippen molar-refractivity contribution in [2.75, 3.05) is 20.2 Å². The van der Waals surface area contributed by atoms with Crippen LogP contribution in [0.2, 0.25) is 0 Å². The van der Waals surface area contributed by atoms with Crippen LogP contribution in [0.5, 0.6) is 0 Å². The standard InChI is InChI=1S/C25H35N3O6/c1-16-8-10-19(11-9-16)15-25(12-6-14-28(25)22(30)20-7-5-13-26-20)24(32)27-21(23(31)33-4)17(2)34-18(3)29/h8-11,17,20-21,26H,5-7,12-15H2,1-4H3,(H,27,32). The summed E-state index contributed by atoms with van der Waals surface area (Å²) < 4.78 is 10.0. The van der Waals surface area contributed by atoms with Crippen molar-refractivity contribution in [2.45, 2.75) is 76.6 Å². The number of amides is 2. The first-order chi connectivity index (χ1) is 16.2. The minimum atomic E-state index is -1.20. The zero-order chi connectivity index (χ0) is 24.9. The number of nitrogens with zero attached hydrogens (tertiary/aromatic N) is 1. The van der Waals surface area contributed by atoms with Crippen LogP contribution in [0.1, 0.15) is 50.7 Å². The van der Waals surface area contributed by atoms with Gasteiger partial charge in [0.15, 0.2) is 6.04 Å². The van der Waals surface area contributed by atoms with Gasteiger partial charge >= 0.3 is 11.9 Å². The van der Waals surface area contributed by atoms with Crippen molar-refractivity contribution in [3.63, 3.8) is 0 Å². The maximum Gasteiger partial charge on any atom is 0.332 e. The van der Waals surface area contributed by atoms with Crippen LogP contribution < -0.4 is 10.6 Å². The molecule has 1 aromatic rings. The Hall–Kier alpha value is -2.94. The van der Waals surface area contributed by atoms with Gasteiger partial charge in [0.25, 0.3) is 0 Å². The zero-order valence-corrected chi connectivity index (χ0v) is 20.4. The molecule has 0 spiro atoms. The Kier molecular flexibility index (Phi) is 8.30. The molecule has 9 heteroatoms. The highest BCUT2D eigenvalue weighted by atomic mass is 16.6. The largest absolute Gasteiger partial charge is 0.467 e. The first-order valence-electron chi connectivity index (χ1n) is 11.8. The molecular weight excluding hydrogens is 438 g/mol. The van der Waals surface area contributed by atoms with E-state index >= 15 is 0 Å². The molecule has 186 valence electrons. The molecule has 9 nitrogen and oxygen atoms in total. The Morgan fingerprint density at radius 3 is 2.50 bits per heavy atom. The van der Waals surface area contributed by atoms with E-state index in [0.29, 0.717) is 25.8 Å².